The molecule has 1 N–H and O–H groups in total. The number of nitrogens with zero attached hydrogens (tertiary/aromatic N) is 1. The molecule has 30 heavy (non-hydrogen) atoms. The summed E-state index contributed by atoms with van der Waals surface area (Å²) in [6.45, 7) is 2.25. The normalized spacial score (nSPS) is 16.2. The fraction of sp³-hybridized carbons (Fsp3) is 0.542. The van der Waals surface area contributed by atoms with Crippen molar-refractivity contribution in [2.45, 2.75) is 76.9 Å². The first-order chi connectivity index (χ1) is 14.4. The van der Waals surface area contributed by atoms with Crippen molar-refractivity contribution in [1.82, 2.24) is 10.4 Å². The van der Waals surface area contributed by atoms with Gasteiger partial charge in [0, 0.05) is 13.0 Å². The van der Waals surface area contributed by atoms with Gasteiger partial charge in [-0.1, -0.05) is 81.8 Å². The number of nitrogens with one attached hydrogen (secondary N) is 1. The van der Waals surface area contributed by atoms with E-state index in [9.17, 15) is 18.0 Å². The molecule has 1 aliphatic heterocycles. The highest BCUT2D eigenvalue weighted by Crippen LogP contribution is 2.41. The molecule has 0 radical (unpaired) electrons. The lowest BCUT2D eigenvalue weighted by molar-refractivity contribution is -0.190. The SMILES string of the molecule is CCCCCCCCCc1cccc2cccc(C(N3CCC(=O)N3)C(F)(F)F)c12. The molecular formula is C24H31F3N2O. The number of aryl methyl sites for hydroxylation is 1. The first-order valence-corrected chi connectivity index (χ1v) is 11.0. The smallest absolute Gasteiger partial charge is 0.288 e. The second-order valence-electron chi connectivity index (χ2n) is 8.16. The van der Waals surface area contributed by atoms with Gasteiger partial charge in [-0.25, -0.2) is 5.01 Å². The topological polar surface area (TPSA) is 32.3 Å². The standard InChI is InChI=1S/C24H31F3N2O/c1-2-3-4-5-6-7-8-11-18-12-9-13-19-14-10-15-20(22(18)19)23(24(25,26)27)29-17-16-21(30)28-29/h9-10,12-15,23H,2-8,11,16-17H2,1H3,(H,28,30). The lowest BCUT2D eigenvalue weighted by Crippen LogP contribution is -2.43. The maximum Gasteiger partial charge on any atom is 0.409 e. The Morgan fingerprint density at radius 1 is 1.00 bits per heavy atom. The summed E-state index contributed by atoms with van der Waals surface area (Å²) in [7, 11) is 0. The van der Waals surface area contributed by atoms with Gasteiger partial charge in [-0.05, 0) is 34.7 Å². The van der Waals surface area contributed by atoms with E-state index in [1.807, 2.05) is 24.3 Å². The number of halogens is 3. The van der Waals surface area contributed by atoms with E-state index < -0.39 is 12.2 Å². The summed E-state index contributed by atoms with van der Waals surface area (Å²) >= 11 is 0. The van der Waals surface area contributed by atoms with E-state index in [1.54, 1.807) is 12.1 Å². The van der Waals surface area contributed by atoms with Crippen molar-refractivity contribution < 1.29 is 18.0 Å². The first-order valence-electron chi connectivity index (χ1n) is 11.0. The summed E-state index contributed by atoms with van der Waals surface area (Å²) < 4.78 is 42.3. The maximum atomic E-state index is 14.1. The number of benzene rings is 2. The fourth-order valence-electron chi connectivity index (χ4n) is 4.37. The van der Waals surface area contributed by atoms with E-state index in [0.29, 0.717) is 5.39 Å². The average Bonchev–Trinajstić information content (AvgIpc) is 3.12. The Hall–Kier alpha value is -2.08. The fourth-order valence-corrected chi connectivity index (χ4v) is 4.37. The number of carbonyl (C=O) groups excluding carboxylic acids is 1. The molecule has 3 nitrogen and oxygen atoms in total. The minimum atomic E-state index is -4.49. The number of fused-ring (bicyclic) bond motifs is 1. The zero-order valence-electron chi connectivity index (χ0n) is 17.6. The molecule has 1 amide bonds. The monoisotopic (exact) mass is 420 g/mol. The van der Waals surface area contributed by atoms with E-state index in [2.05, 4.69) is 12.3 Å². The average molecular weight is 421 g/mol. The highest BCUT2D eigenvalue weighted by atomic mass is 19.4. The maximum absolute atomic E-state index is 14.1. The number of hydrogen-bond acceptors (Lipinski definition) is 2. The summed E-state index contributed by atoms with van der Waals surface area (Å²) in [6, 6.07) is 8.97. The summed E-state index contributed by atoms with van der Waals surface area (Å²) in [5.41, 5.74) is 3.57. The molecule has 1 saturated heterocycles. The van der Waals surface area contributed by atoms with Crippen LogP contribution in [-0.2, 0) is 11.2 Å². The van der Waals surface area contributed by atoms with Crippen molar-refractivity contribution in [3.05, 3.63) is 47.5 Å². The van der Waals surface area contributed by atoms with Crippen LogP contribution in [0.3, 0.4) is 0 Å². The van der Waals surface area contributed by atoms with E-state index >= 15 is 0 Å². The van der Waals surface area contributed by atoms with Crippen molar-refractivity contribution in [2.24, 2.45) is 0 Å². The first kappa shape index (κ1) is 22.6. The molecule has 1 unspecified atom stereocenters. The van der Waals surface area contributed by atoms with Crippen molar-refractivity contribution in [1.29, 1.82) is 0 Å². The predicted molar refractivity (Wildman–Crippen MR) is 114 cm³/mol. The second kappa shape index (κ2) is 10.3. The third kappa shape index (κ3) is 5.54. The van der Waals surface area contributed by atoms with Crippen LogP contribution in [0.1, 0.15) is 75.5 Å². The Morgan fingerprint density at radius 2 is 1.67 bits per heavy atom. The van der Waals surface area contributed by atoms with Gasteiger partial charge in [0.2, 0.25) is 5.91 Å². The molecule has 0 aromatic heterocycles. The molecule has 2 aromatic rings. The van der Waals surface area contributed by atoms with Gasteiger partial charge >= 0.3 is 6.18 Å². The second-order valence-corrected chi connectivity index (χ2v) is 8.16. The number of carbonyl (C=O) groups is 1. The van der Waals surface area contributed by atoms with Crippen LogP contribution < -0.4 is 5.43 Å². The predicted octanol–water partition coefficient (Wildman–Crippen LogP) is 6.47. The number of hydrogen-bond donors (Lipinski definition) is 1. The Balaban J connectivity index is 1.85. The molecule has 2 aromatic carbocycles. The third-order valence-corrected chi connectivity index (χ3v) is 5.84. The molecule has 0 bridgehead atoms. The molecule has 6 heteroatoms. The number of alkyl halides is 3. The largest absolute Gasteiger partial charge is 0.409 e. The van der Waals surface area contributed by atoms with Gasteiger partial charge in [-0.3, -0.25) is 10.2 Å². The molecular weight excluding hydrogens is 389 g/mol. The summed E-state index contributed by atoms with van der Waals surface area (Å²) in [4.78, 5) is 11.6. The molecule has 3 rings (SSSR count). The molecule has 164 valence electrons. The van der Waals surface area contributed by atoms with Gasteiger partial charge in [0.05, 0.1) is 0 Å². The van der Waals surface area contributed by atoms with Gasteiger partial charge in [-0.2, -0.15) is 13.2 Å². The van der Waals surface area contributed by atoms with Crippen molar-refractivity contribution >= 4 is 16.7 Å². The molecule has 1 heterocycles. The molecule has 0 aliphatic carbocycles. The number of unbranched alkanes of at least 4 members (excludes halogenated alkanes) is 6. The molecule has 0 spiro atoms. The van der Waals surface area contributed by atoms with Crippen molar-refractivity contribution in [3.8, 4) is 0 Å². The number of hydrazine groups is 1. The lowest BCUT2D eigenvalue weighted by atomic mass is 9.91. The Morgan fingerprint density at radius 3 is 2.30 bits per heavy atom. The van der Waals surface area contributed by atoms with Gasteiger partial charge < -0.3 is 0 Å². The van der Waals surface area contributed by atoms with Crippen LogP contribution in [-0.4, -0.2) is 23.6 Å². The van der Waals surface area contributed by atoms with Gasteiger partial charge in [0.15, 0.2) is 6.04 Å². The summed E-state index contributed by atoms with van der Waals surface area (Å²) in [5, 5.41) is 2.53. The molecule has 1 aliphatic rings. The summed E-state index contributed by atoms with van der Waals surface area (Å²) in [6.07, 6.45) is 4.55. The molecule has 0 saturated carbocycles. The zero-order chi connectivity index (χ0) is 21.6. The van der Waals surface area contributed by atoms with Crippen LogP contribution in [0, 0.1) is 0 Å². The van der Waals surface area contributed by atoms with Crippen LogP contribution >= 0.6 is 0 Å². The summed E-state index contributed by atoms with van der Waals surface area (Å²) in [5.74, 6) is -0.368. The van der Waals surface area contributed by atoms with Crippen LogP contribution in [0.15, 0.2) is 36.4 Å². The lowest BCUT2D eigenvalue weighted by Gasteiger charge is -2.30. The Kier molecular flexibility index (Phi) is 7.75. The van der Waals surface area contributed by atoms with Crippen molar-refractivity contribution in [2.75, 3.05) is 6.54 Å². The van der Waals surface area contributed by atoms with E-state index in [0.717, 1.165) is 35.2 Å². The van der Waals surface area contributed by atoms with E-state index in [-0.39, 0.29) is 24.4 Å². The van der Waals surface area contributed by atoms with Crippen molar-refractivity contribution in [3.63, 3.8) is 0 Å². The molecule has 1 atom stereocenters. The van der Waals surface area contributed by atoms with Gasteiger partial charge in [0.25, 0.3) is 0 Å². The van der Waals surface area contributed by atoms with E-state index in [4.69, 9.17) is 0 Å². The highest BCUT2D eigenvalue weighted by Gasteiger charge is 2.47. The van der Waals surface area contributed by atoms with Gasteiger partial charge in [-0.15, -0.1) is 0 Å². The number of amides is 1. The zero-order valence-corrected chi connectivity index (χ0v) is 17.6. The minimum absolute atomic E-state index is 0.0549. The highest BCUT2D eigenvalue weighted by molar-refractivity contribution is 5.89. The van der Waals surface area contributed by atoms with Crippen LogP contribution in [0.4, 0.5) is 13.2 Å². The van der Waals surface area contributed by atoms with Gasteiger partial charge in [0.1, 0.15) is 0 Å². The minimum Gasteiger partial charge on any atom is -0.288 e. The van der Waals surface area contributed by atoms with Crippen LogP contribution in [0.5, 0.6) is 0 Å². The third-order valence-electron chi connectivity index (χ3n) is 5.84. The van der Waals surface area contributed by atoms with Crippen LogP contribution in [0.25, 0.3) is 10.8 Å². The molecule has 1 fully saturated rings. The van der Waals surface area contributed by atoms with Crippen LogP contribution in [0.2, 0.25) is 0 Å². The number of rotatable bonds is 10. The Labute approximate surface area is 176 Å². The Bertz CT molecular complexity index is 845. The quantitative estimate of drug-likeness (QED) is 0.447. The van der Waals surface area contributed by atoms with E-state index in [1.165, 1.54) is 32.1 Å².